The van der Waals surface area contributed by atoms with Crippen LogP contribution in [0.25, 0.3) is 0 Å². The number of aromatic nitrogens is 2. The van der Waals surface area contributed by atoms with Gasteiger partial charge in [0.1, 0.15) is 5.69 Å². The van der Waals surface area contributed by atoms with Gasteiger partial charge in [0, 0.05) is 31.1 Å². The van der Waals surface area contributed by atoms with Crippen molar-refractivity contribution in [1.82, 2.24) is 14.7 Å². The Morgan fingerprint density at radius 3 is 2.83 bits per heavy atom. The van der Waals surface area contributed by atoms with E-state index in [0.717, 1.165) is 35.7 Å². The molecule has 1 fully saturated rings. The molecule has 24 heavy (non-hydrogen) atoms. The Hall–Kier alpha value is -1.81. The topological polar surface area (TPSA) is 38.1 Å². The molecule has 4 nitrogen and oxygen atoms in total. The third-order valence-electron chi connectivity index (χ3n) is 4.59. The van der Waals surface area contributed by atoms with Crippen LogP contribution in [0.2, 0.25) is 5.02 Å². The molecule has 0 saturated carbocycles. The quantitative estimate of drug-likeness (QED) is 0.842. The van der Waals surface area contributed by atoms with Gasteiger partial charge in [0.05, 0.1) is 5.69 Å². The molecule has 5 heteroatoms. The highest BCUT2D eigenvalue weighted by molar-refractivity contribution is 6.31. The van der Waals surface area contributed by atoms with Crippen molar-refractivity contribution in [3.63, 3.8) is 0 Å². The first-order valence-electron chi connectivity index (χ1n) is 8.52. The second-order valence-electron chi connectivity index (χ2n) is 7.00. The number of amides is 1. The van der Waals surface area contributed by atoms with Crippen LogP contribution in [-0.4, -0.2) is 33.7 Å². The lowest BCUT2D eigenvalue weighted by Gasteiger charge is -2.17. The minimum Gasteiger partial charge on any atom is -0.337 e. The molecule has 1 aromatic carbocycles. The van der Waals surface area contributed by atoms with Crippen molar-refractivity contribution in [2.24, 2.45) is 13.0 Å². The number of nitrogens with zero attached hydrogens (tertiary/aromatic N) is 3. The van der Waals surface area contributed by atoms with Crippen molar-refractivity contribution < 1.29 is 4.79 Å². The smallest absolute Gasteiger partial charge is 0.272 e. The first-order chi connectivity index (χ1) is 11.5. The second kappa shape index (κ2) is 6.98. The predicted octanol–water partition coefficient (Wildman–Crippen LogP) is 3.90. The van der Waals surface area contributed by atoms with E-state index in [1.165, 1.54) is 0 Å². The lowest BCUT2D eigenvalue weighted by molar-refractivity contribution is 0.0780. The summed E-state index contributed by atoms with van der Waals surface area (Å²) >= 11 is 6.31. The van der Waals surface area contributed by atoms with Gasteiger partial charge in [-0.1, -0.05) is 43.6 Å². The highest BCUT2D eigenvalue weighted by atomic mass is 35.5. The van der Waals surface area contributed by atoms with Crippen molar-refractivity contribution >= 4 is 17.5 Å². The Bertz CT molecular complexity index is 738. The van der Waals surface area contributed by atoms with Gasteiger partial charge in [0.25, 0.3) is 5.91 Å². The SMILES string of the molecule is CC(C)Cc1cc(C(=O)N2CCC(c3ccccc3Cl)C2)n(C)n1. The maximum Gasteiger partial charge on any atom is 0.272 e. The molecular weight excluding hydrogens is 322 g/mol. The third-order valence-corrected chi connectivity index (χ3v) is 4.93. The summed E-state index contributed by atoms with van der Waals surface area (Å²) in [6.07, 6.45) is 1.84. The number of halogens is 1. The molecule has 0 aliphatic carbocycles. The van der Waals surface area contributed by atoms with Crippen molar-refractivity contribution in [3.8, 4) is 0 Å². The number of hydrogen-bond donors (Lipinski definition) is 0. The Morgan fingerprint density at radius 2 is 2.12 bits per heavy atom. The van der Waals surface area contributed by atoms with Crippen LogP contribution in [0.15, 0.2) is 30.3 Å². The molecule has 1 unspecified atom stereocenters. The maximum atomic E-state index is 12.9. The summed E-state index contributed by atoms with van der Waals surface area (Å²) in [4.78, 5) is 14.8. The van der Waals surface area contributed by atoms with E-state index in [-0.39, 0.29) is 5.91 Å². The van der Waals surface area contributed by atoms with E-state index in [1.807, 2.05) is 36.2 Å². The predicted molar refractivity (Wildman–Crippen MR) is 96.5 cm³/mol. The van der Waals surface area contributed by atoms with E-state index in [4.69, 9.17) is 11.6 Å². The fourth-order valence-electron chi connectivity index (χ4n) is 3.41. The van der Waals surface area contributed by atoms with E-state index >= 15 is 0 Å². The molecular formula is C19H24ClN3O. The van der Waals surface area contributed by atoms with Gasteiger partial charge in [0.15, 0.2) is 0 Å². The maximum absolute atomic E-state index is 12.9. The van der Waals surface area contributed by atoms with Gasteiger partial charge in [-0.05, 0) is 36.5 Å². The van der Waals surface area contributed by atoms with E-state index in [1.54, 1.807) is 4.68 Å². The molecule has 1 saturated heterocycles. The van der Waals surface area contributed by atoms with Crippen molar-refractivity contribution in [3.05, 3.63) is 52.3 Å². The van der Waals surface area contributed by atoms with Gasteiger partial charge in [-0.3, -0.25) is 9.48 Å². The van der Waals surface area contributed by atoms with Gasteiger partial charge in [0.2, 0.25) is 0 Å². The Labute approximate surface area is 148 Å². The first-order valence-corrected chi connectivity index (χ1v) is 8.90. The number of likely N-dealkylation sites (tertiary alicyclic amines) is 1. The lowest BCUT2D eigenvalue weighted by atomic mass is 9.98. The first kappa shape index (κ1) is 17.0. The Kier molecular flexibility index (Phi) is 4.95. The largest absolute Gasteiger partial charge is 0.337 e. The number of carbonyl (C=O) groups is 1. The van der Waals surface area contributed by atoms with Crippen LogP contribution in [-0.2, 0) is 13.5 Å². The van der Waals surface area contributed by atoms with Crippen LogP contribution in [0.5, 0.6) is 0 Å². The molecule has 0 spiro atoms. The molecule has 0 radical (unpaired) electrons. The van der Waals surface area contributed by atoms with Crippen LogP contribution < -0.4 is 0 Å². The molecule has 0 bridgehead atoms. The van der Waals surface area contributed by atoms with E-state index in [9.17, 15) is 4.79 Å². The molecule has 2 heterocycles. The molecule has 1 aliphatic heterocycles. The summed E-state index contributed by atoms with van der Waals surface area (Å²) in [6.45, 7) is 5.79. The van der Waals surface area contributed by atoms with E-state index in [0.29, 0.717) is 24.1 Å². The van der Waals surface area contributed by atoms with Crippen molar-refractivity contribution in [2.45, 2.75) is 32.6 Å². The summed E-state index contributed by atoms with van der Waals surface area (Å²) in [5.41, 5.74) is 2.79. The van der Waals surface area contributed by atoms with Gasteiger partial charge in [-0.15, -0.1) is 0 Å². The van der Waals surface area contributed by atoms with Gasteiger partial charge >= 0.3 is 0 Å². The average molecular weight is 346 g/mol. The summed E-state index contributed by atoms with van der Waals surface area (Å²) in [5.74, 6) is 0.903. The Balaban J connectivity index is 1.73. The molecule has 1 aromatic heterocycles. The standard InChI is InChI=1S/C19H24ClN3O/c1-13(2)10-15-11-18(22(3)21-15)19(24)23-9-8-14(12-23)16-6-4-5-7-17(16)20/h4-7,11,13-14H,8-10,12H2,1-3H3. The zero-order chi connectivity index (χ0) is 17.3. The molecule has 128 valence electrons. The van der Waals surface area contributed by atoms with E-state index < -0.39 is 0 Å². The van der Waals surface area contributed by atoms with Gasteiger partial charge in [-0.2, -0.15) is 5.10 Å². The molecule has 0 N–H and O–H groups in total. The highest BCUT2D eigenvalue weighted by Gasteiger charge is 2.30. The van der Waals surface area contributed by atoms with Crippen molar-refractivity contribution in [2.75, 3.05) is 13.1 Å². The second-order valence-corrected chi connectivity index (χ2v) is 7.41. The minimum absolute atomic E-state index is 0.0644. The van der Waals surface area contributed by atoms with Crippen LogP contribution in [0.1, 0.15) is 47.9 Å². The summed E-state index contributed by atoms with van der Waals surface area (Å²) in [6, 6.07) is 9.86. The van der Waals surface area contributed by atoms with Crippen LogP contribution in [0.4, 0.5) is 0 Å². The zero-order valence-corrected chi connectivity index (χ0v) is 15.3. The molecule has 3 rings (SSSR count). The van der Waals surface area contributed by atoms with Gasteiger partial charge in [-0.25, -0.2) is 0 Å². The number of aryl methyl sites for hydroxylation is 1. The fourth-order valence-corrected chi connectivity index (χ4v) is 3.70. The monoisotopic (exact) mass is 345 g/mol. The van der Waals surface area contributed by atoms with Gasteiger partial charge < -0.3 is 4.90 Å². The molecule has 1 aliphatic rings. The number of carbonyl (C=O) groups excluding carboxylic acids is 1. The van der Waals surface area contributed by atoms with E-state index in [2.05, 4.69) is 25.0 Å². The average Bonchev–Trinajstić information content (AvgIpc) is 3.13. The van der Waals surface area contributed by atoms with Crippen molar-refractivity contribution in [1.29, 1.82) is 0 Å². The summed E-state index contributed by atoms with van der Waals surface area (Å²) in [7, 11) is 1.85. The summed E-state index contributed by atoms with van der Waals surface area (Å²) < 4.78 is 1.71. The zero-order valence-electron chi connectivity index (χ0n) is 14.5. The van der Waals surface area contributed by atoms with Crippen LogP contribution in [0.3, 0.4) is 0 Å². The molecule has 2 aromatic rings. The molecule has 1 amide bonds. The third kappa shape index (κ3) is 3.48. The fraction of sp³-hybridized carbons (Fsp3) is 0.474. The normalized spacial score (nSPS) is 17.7. The Morgan fingerprint density at radius 1 is 1.38 bits per heavy atom. The van der Waals surface area contributed by atoms with Crippen LogP contribution in [0, 0.1) is 5.92 Å². The minimum atomic E-state index is 0.0644. The summed E-state index contributed by atoms with van der Waals surface area (Å²) in [5, 5.41) is 5.27. The lowest BCUT2D eigenvalue weighted by Crippen LogP contribution is -2.30. The van der Waals surface area contributed by atoms with Crippen LogP contribution >= 0.6 is 11.6 Å². The molecule has 1 atom stereocenters. The number of rotatable bonds is 4. The number of benzene rings is 1. The number of hydrogen-bond acceptors (Lipinski definition) is 2. The highest BCUT2D eigenvalue weighted by Crippen LogP contribution is 2.32.